The largest absolute Gasteiger partial charge is 0.490 e. The monoisotopic (exact) mass is 453 g/mol. The molecule has 0 radical (unpaired) electrons. The van der Waals surface area contributed by atoms with Crippen LogP contribution in [0.1, 0.15) is 24.2 Å². The van der Waals surface area contributed by atoms with E-state index < -0.39 is 12.1 Å². The molecule has 2 saturated heterocycles. The van der Waals surface area contributed by atoms with Gasteiger partial charge in [0.25, 0.3) is 0 Å². The van der Waals surface area contributed by atoms with Gasteiger partial charge in [0.05, 0.1) is 24.4 Å². The lowest BCUT2D eigenvalue weighted by Gasteiger charge is -2.47. The Bertz CT molecular complexity index is 890. The minimum absolute atomic E-state index is 0.0615. The normalized spacial score (nSPS) is 18.7. The number of pyridine rings is 1. The highest BCUT2D eigenvalue weighted by atomic mass is 19.4. The average molecular weight is 453 g/mol. The van der Waals surface area contributed by atoms with Crippen molar-refractivity contribution >= 4 is 11.9 Å². The molecule has 0 aromatic carbocycles. The molecule has 8 nitrogen and oxygen atoms in total. The summed E-state index contributed by atoms with van der Waals surface area (Å²) in [4.78, 5) is 27.1. The molecule has 0 aliphatic carbocycles. The minimum atomic E-state index is -5.08. The first-order valence-corrected chi connectivity index (χ1v) is 10.3. The maximum absolute atomic E-state index is 10.6. The Morgan fingerprint density at radius 1 is 1.16 bits per heavy atom. The zero-order valence-electron chi connectivity index (χ0n) is 17.8. The number of anilines is 1. The smallest absolute Gasteiger partial charge is 0.475 e. The molecule has 4 heterocycles. The Kier molecular flexibility index (Phi) is 7.62. The van der Waals surface area contributed by atoms with Crippen molar-refractivity contribution in [2.75, 3.05) is 37.7 Å². The molecule has 1 spiro atoms. The standard InChI is InChI=1S/C19H25N5O.C2HF3O2/c1-16-4-2-5-17(22-16)14-23-10-6-19(7-11-23)15-24(12-13-25-19)18-20-8-3-9-21-18;3-2(4,5)1(6)7/h2-5,8-9H,6-7,10-15H2,1H3;(H,6,7). The number of hydrogen-bond acceptors (Lipinski definition) is 7. The van der Waals surface area contributed by atoms with Crippen LogP contribution in [0.3, 0.4) is 0 Å². The Labute approximate surface area is 184 Å². The van der Waals surface area contributed by atoms with E-state index in [2.05, 4.69) is 36.9 Å². The molecule has 1 N–H and O–H groups in total. The van der Waals surface area contributed by atoms with Gasteiger partial charge in [-0.2, -0.15) is 13.2 Å². The molecular formula is C21H26F3N5O3. The van der Waals surface area contributed by atoms with Crippen LogP contribution in [0.5, 0.6) is 0 Å². The van der Waals surface area contributed by atoms with E-state index in [1.165, 1.54) is 0 Å². The number of morpholine rings is 1. The summed E-state index contributed by atoms with van der Waals surface area (Å²) in [7, 11) is 0. The quantitative estimate of drug-likeness (QED) is 0.759. The molecule has 4 rings (SSSR count). The molecule has 32 heavy (non-hydrogen) atoms. The first kappa shape index (κ1) is 23.9. The Hall–Kier alpha value is -2.79. The molecule has 2 aliphatic heterocycles. The number of likely N-dealkylation sites (tertiary alicyclic amines) is 1. The van der Waals surface area contributed by atoms with Crippen LogP contribution in [-0.4, -0.2) is 75.5 Å². The summed E-state index contributed by atoms with van der Waals surface area (Å²) in [6, 6.07) is 8.11. The number of ether oxygens (including phenoxy) is 1. The average Bonchev–Trinajstić information content (AvgIpc) is 2.76. The fourth-order valence-electron chi connectivity index (χ4n) is 3.81. The van der Waals surface area contributed by atoms with E-state index in [0.717, 1.165) is 69.5 Å². The van der Waals surface area contributed by atoms with E-state index in [1.54, 1.807) is 0 Å². The van der Waals surface area contributed by atoms with E-state index in [-0.39, 0.29) is 5.60 Å². The number of alkyl halides is 3. The van der Waals surface area contributed by atoms with Crippen molar-refractivity contribution in [3.8, 4) is 0 Å². The fraction of sp³-hybridized carbons (Fsp3) is 0.524. The lowest BCUT2D eigenvalue weighted by Crippen LogP contribution is -2.57. The van der Waals surface area contributed by atoms with Gasteiger partial charge in [-0.15, -0.1) is 0 Å². The van der Waals surface area contributed by atoms with E-state index in [1.807, 2.05) is 31.5 Å². The number of halogens is 3. The van der Waals surface area contributed by atoms with Crippen LogP contribution in [0, 0.1) is 6.92 Å². The molecule has 0 bridgehead atoms. The van der Waals surface area contributed by atoms with Crippen LogP contribution in [0.25, 0.3) is 0 Å². The second-order valence-corrected chi connectivity index (χ2v) is 7.85. The van der Waals surface area contributed by atoms with E-state index in [9.17, 15) is 13.2 Å². The number of aromatic nitrogens is 3. The molecule has 11 heteroatoms. The Morgan fingerprint density at radius 3 is 2.41 bits per heavy atom. The van der Waals surface area contributed by atoms with Gasteiger partial charge >= 0.3 is 12.1 Å². The number of piperidine rings is 1. The van der Waals surface area contributed by atoms with Crippen LogP contribution in [0.2, 0.25) is 0 Å². The summed E-state index contributed by atoms with van der Waals surface area (Å²) in [5, 5.41) is 7.12. The fourth-order valence-corrected chi connectivity index (χ4v) is 3.81. The lowest BCUT2D eigenvalue weighted by molar-refractivity contribution is -0.192. The summed E-state index contributed by atoms with van der Waals surface area (Å²) in [6.45, 7) is 7.54. The highest BCUT2D eigenvalue weighted by molar-refractivity contribution is 5.73. The highest BCUT2D eigenvalue weighted by Crippen LogP contribution is 2.31. The maximum atomic E-state index is 10.6. The van der Waals surface area contributed by atoms with Crippen molar-refractivity contribution in [1.82, 2.24) is 19.9 Å². The number of hydrogen-bond donors (Lipinski definition) is 1. The van der Waals surface area contributed by atoms with Crippen molar-refractivity contribution in [2.45, 2.75) is 38.1 Å². The predicted molar refractivity (Wildman–Crippen MR) is 110 cm³/mol. The lowest BCUT2D eigenvalue weighted by atomic mass is 9.89. The predicted octanol–water partition coefficient (Wildman–Crippen LogP) is 2.68. The second kappa shape index (κ2) is 10.2. The molecule has 0 unspecified atom stereocenters. The molecule has 0 atom stereocenters. The number of aryl methyl sites for hydroxylation is 1. The van der Waals surface area contributed by atoms with Gasteiger partial charge in [0.15, 0.2) is 0 Å². The SMILES string of the molecule is Cc1cccc(CN2CCC3(CC2)CN(c2ncccn2)CCO3)n1.O=C(O)C(F)(F)F. The second-order valence-electron chi connectivity index (χ2n) is 7.85. The number of carboxylic acids is 1. The molecule has 2 fully saturated rings. The first-order chi connectivity index (χ1) is 15.2. The highest BCUT2D eigenvalue weighted by Gasteiger charge is 2.40. The summed E-state index contributed by atoms with van der Waals surface area (Å²) in [5.74, 6) is -1.94. The molecule has 2 aromatic heterocycles. The topological polar surface area (TPSA) is 91.7 Å². The summed E-state index contributed by atoms with van der Waals surface area (Å²) in [6.07, 6.45) is 0.619. The van der Waals surface area contributed by atoms with Gasteiger partial charge in [-0.1, -0.05) is 6.07 Å². The van der Waals surface area contributed by atoms with Gasteiger partial charge < -0.3 is 14.7 Å². The zero-order chi connectivity index (χ0) is 23.2. The molecule has 0 amide bonds. The first-order valence-electron chi connectivity index (χ1n) is 10.3. The van der Waals surface area contributed by atoms with Crippen molar-refractivity contribution < 1.29 is 27.8 Å². The molecule has 174 valence electrons. The van der Waals surface area contributed by atoms with Gasteiger partial charge in [-0.3, -0.25) is 9.88 Å². The molecule has 2 aliphatic rings. The van der Waals surface area contributed by atoms with Crippen molar-refractivity contribution in [2.24, 2.45) is 0 Å². The number of rotatable bonds is 3. The third-order valence-corrected chi connectivity index (χ3v) is 5.42. The van der Waals surface area contributed by atoms with Crippen LogP contribution in [-0.2, 0) is 16.1 Å². The van der Waals surface area contributed by atoms with Gasteiger partial charge in [0.1, 0.15) is 0 Å². The number of carbonyl (C=O) groups is 1. The Morgan fingerprint density at radius 2 is 1.81 bits per heavy atom. The van der Waals surface area contributed by atoms with Crippen molar-refractivity contribution in [3.05, 3.63) is 48.0 Å². The summed E-state index contributed by atoms with van der Waals surface area (Å²) in [5.41, 5.74) is 2.17. The van der Waals surface area contributed by atoms with Gasteiger partial charge in [0.2, 0.25) is 5.95 Å². The molecular weight excluding hydrogens is 427 g/mol. The van der Waals surface area contributed by atoms with E-state index in [0.29, 0.717) is 0 Å². The maximum Gasteiger partial charge on any atom is 0.490 e. The van der Waals surface area contributed by atoms with Crippen LogP contribution < -0.4 is 4.90 Å². The van der Waals surface area contributed by atoms with Crippen LogP contribution in [0.15, 0.2) is 36.7 Å². The van der Waals surface area contributed by atoms with Gasteiger partial charge in [-0.05, 0) is 38.0 Å². The number of carboxylic acid groups (broad SMARTS) is 1. The van der Waals surface area contributed by atoms with E-state index in [4.69, 9.17) is 14.6 Å². The summed E-state index contributed by atoms with van der Waals surface area (Å²) >= 11 is 0. The van der Waals surface area contributed by atoms with Crippen molar-refractivity contribution in [3.63, 3.8) is 0 Å². The summed E-state index contributed by atoms with van der Waals surface area (Å²) < 4.78 is 38.0. The number of nitrogens with zero attached hydrogens (tertiary/aromatic N) is 5. The minimum Gasteiger partial charge on any atom is -0.475 e. The van der Waals surface area contributed by atoms with E-state index >= 15 is 0 Å². The number of aliphatic carboxylic acids is 1. The third kappa shape index (κ3) is 6.60. The molecule has 2 aromatic rings. The Balaban J connectivity index is 0.000000360. The van der Waals surface area contributed by atoms with Crippen LogP contribution in [0.4, 0.5) is 19.1 Å². The van der Waals surface area contributed by atoms with Gasteiger partial charge in [0, 0.05) is 44.3 Å². The van der Waals surface area contributed by atoms with Crippen molar-refractivity contribution in [1.29, 1.82) is 0 Å². The van der Waals surface area contributed by atoms with Gasteiger partial charge in [-0.25, -0.2) is 14.8 Å². The third-order valence-electron chi connectivity index (χ3n) is 5.42. The molecule has 0 saturated carbocycles. The zero-order valence-corrected chi connectivity index (χ0v) is 17.8. The van der Waals surface area contributed by atoms with Crippen LogP contribution >= 0.6 is 0 Å².